The molecule has 18 heavy (non-hydrogen) atoms. The lowest BCUT2D eigenvalue weighted by atomic mass is 10.2. The molecule has 1 aromatic carbocycles. The van der Waals surface area contributed by atoms with Gasteiger partial charge in [-0.05, 0) is 67.9 Å². The van der Waals surface area contributed by atoms with Crippen LogP contribution in [0.1, 0.15) is 16.5 Å². The van der Waals surface area contributed by atoms with Gasteiger partial charge in [0.2, 0.25) is 0 Å². The van der Waals surface area contributed by atoms with Crippen LogP contribution < -0.4 is 5.32 Å². The van der Waals surface area contributed by atoms with Crippen molar-refractivity contribution in [1.29, 1.82) is 0 Å². The molecule has 1 heterocycles. The van der Waals surface area contributed by atoms with E-state index in [-0.39, 0.29) is 0 Å². The zero-order chi connectivity index (χ0) is 13.1. The average molecular weight is 391 g/mol. The SMILES string of the molecule is Cc1cc(Br)c(NCC(O)c2cccs2)c(Br)c1. The van der Waals surface area contributed by atoms with Crippen molar-refractivity contribution in [3.63, 3.8) is 0 Å². The first kappa shape index (κ1) is 14.1. The Balaban J connectivity index is 2.07. The lowest BCUT2D eigenvalue weighted by molar-refractivity contribution is 0.195. The molecule has 2 N–H and O–H groups in total. The van der Waals surface area contributed by atoms with Gasteiger partial charge in [0, 0.05) is 20.4 Å². The van der Waals surface area contributed by atoms with E-state index in [9.17, 15) is 5.11 Å². The Morgan fingerprint density at radius 3 is 2.56 bits per heavy atom. The normalized spacial score (nSPS) is 12.4. The number of benzene rings is 1. The van der Waals surface area contributed by atoms with Gasteiger partial charge in [-0.25, -0.2) is 0 Å². The van der Waals surface area contributed by atoms with E-state index in [2.05, 4.69) is 37.2 Å². The molecule has 0 spiro atoms. The molecule has 0 bridgehead atoms. The first-order valence-electron chi connectivity index (χ1n) is 5.49. The molecule has 5 heteroatoms. The van der Waals surface area contributed by atoms with E-state index in [0.29, 0.717) is 6.54 Å². The Morgan fingerprint density at radius 1 is 1.33 bits per heavy atom. The van der Waals surface area contributed by atoms with Crippen LogP contribution in [0.5, 0.6) is 0 Å². The molecule has 2 nitrogen and oxygen atoms in total. The number of hydrogen-bond acceptors (Lipinski definition) is 3. The summed E-state index contributed by atoms with van der Waals surface area (Å²) in [5.41, 5.74) is 2.15. The second kappa shape index (κ2) is 6.19. The minimum absolute atomic E-state index is 0.481. The highest BCUT2D eigenvalue weighted by Crippen LogP contribution is 2.33. The second-order valence-corrected chi connectivity index (χ2v) is 6.70. The third-order valence-corrected chi connectivity index (χ3v) is 4.75. The maximum Gasteiger partial charge on any atom is 0.105 e. The van der Waals surface area contributed by atoms with Gasteiger partial charge >= 0.3 is 0 Å². The Labute approximate surface area is 127 Å². The molecule has 0 saturated carbocycles. The second-order valence-electron chi connectivity index (χ2n) is 4.02. The van der Waals surface area contributed by atoms with Crippen LogP contribution in [0.2, 0.25) is 0 Å². The van der Waals surface area contributed by atoms with Crippen molar-refractivity contribution in [2.45, 2.75) is 13.0 Å². The molecule has 0 aliphatic carbocycles. The number of hydrogen-bond donors (Lipinski definition) is 2. The summed E-state index contributed by atoms with van der Waals surface area (Å²) in [6.07, 6.45) is -0.481. The van der Waals surface area contributed by atoms with Crippen LogP contribution in [0.4, 0.5) is 5.69 Å². The van der Waals surface area contributed by atoms with Crippen LogP contribution >= 0.6 is 43.2 Å². The van der Waals surface area contributed by atoms with Crippen LogP contribution in [0, 0.1) is 6.92 Å². The zero-order valence-corrected chi connectivity index (χ0v) is 13.8. The molecular weight excluding hydrogens is 378 g/mol. The van der Waals surface area contributed by atoms with Crippen LogP contribution in [-0.2, 0) is 0 Å². The van der Waals surface area contributed by atoms with Gasteiger partial charge in [0.1, 0.15) is 6.10 Å². The molecule has 0 aliphatic rings. The molecule has 0 aliphatic heterocycles. The summed E-state index contributed by atoms with van der Waals surface area (Å²) in [4.78, 5) is 0.974. The highest BCUT2D eigenvalue weighted by Gasteiger charge is 2.11. The van der Waals surface area contributed by atoms with Crippen molar-refractivity contribution in [3.05, 3.63) is 49.0 Å². The van der Waals surface area contributed by atoms with Crippen LogP contribution in [0.15, 0.2) is 38.6 Å². The molecule has 0 amide bonds. The van der Waals surface area contributed by atoms with E-state index in [1.54, 1.807) is 11.3 Å². The zero-order valence-electron chi connectivity index (χ0n) is 9.78. The molecule has 0 saturated heterocycles. The monoisotopic (exact) mass is 389 g/mol. The quantitative estimate of drug-likeness (QED) is 0.790. The highest BCUT2D eigenvalue weighted by atomic mass is 79.9. The number of aryl methyl sites for hydroxylation is 1. The fourth-order valence-electron chi connectivity index (χ4n) is 1.65. The summed E-state index contributed by atoms with van der Waals surface area (Å²) in [7, 11) is 0. The summed E-state index contributed by atoms with van der Waals surface area (Å²) in [5.74, 6) is 0. The van der Waals surface area contributed by atoms with E-state index in [0.717, 1.165) is 19.5 Å². The van der Waals surface area contributed by atoms with Crippen molar-refractivity contribution >= 4 is 48.9 Å². The van der Waals surface area contributed by atoms with E-state index in [1.807, 2.05) is 36.6 Å². The molecule has 96 valence electrons. The predicted molar refractivity (Wildman–Crippen MR) is 84.3 cm³/mol. The van der Waals surface area contributed by atoms with Gasteiger partial charge in [-0.1, -0.05) is 6.07 Å². The summed E-state index contributed by atoms with van der Waals surface area (Å²) < 4.78 is 1.99. The predicted octanol–water partition coefficient (Wildman–Crippen LogP) is 4.73. The number of aliphatic hydroxyl groups is 1. The van der Waals surface area contributed by atoms with Gasteiger partial charge in [-0.2, -0.15) is 0 Å². The molecule has 1 atom stereocenters. The van der Waals surface area contributed by atoms with Crippen LogP contribution in [0.3, 0.4) is 0 Å². The first-order chi connectivity index (χ1) is 8.58. The topological polar surface area (TPSA) is 32.3 Å². The largest absolute Gasteiger partial charge is 0.386 e. The summed E-state index contributed by atoms with van der Waals surface area (Å²) >= 11 is 8.61. The standard InChI is InChI=1S/C13H13Br2NOS/c1-8-5-9(14)13(10(15)6-8)16-7-11(17)12-3-2-4-18-12/h2-6,11,16-17H,7H2,1H3. The third-order valence-electron chi connectivity index (χ3n) is 2.53. The summed E-state index contributed by atoms with van der Waals surface area (Å²) in [6, 6.07) is 7.98. The number of thiophene rings is 1. The Kier molecular flexibility index (Phi) is 4.84. The molecule has 2 rings (SSSR count). The van der Waals surface area contributed by atoms with E-state index in [1.165, 1.54) is 5.56 Å². The summed E-state index contributed by atoms with van der Waals surface area (Å²) in [5, 5.41) is 15.3. The van der Waals surface area contributed by atoms with Gasteiger partial charge < -0.3 is 10.4 Å². The van der Waals surface area contributed by atoms with Gasteiger partial charge in [-0.15, -0.1) is 11.3 Å². The van der Waals surface area contributed by atoms with Crippen molar-refractivity contribution < 1.29 is 5.11 Å². The lowest BCUT2D eigenvalue weighted by Crippen LogP contribution is -2.11. The minimum atomic E-state index is -0.481. The third kappa shape index (κ3) is 3.35. The number of halogens is 2. The summed E-state index contributed by atoms with van der Waals surface area (Å²) in [6.45, 7) is 2.53. The van der Waals surface area contributed by atoms with Crippen LogP contribution in [0.25, 0.3) is 0 Å². The molecule has 1 aromatic heterocycles. The van der Waals surface area contributed by atoms with Crippen molar-refractivity contribution in [1.82, 2.24) is 0 Å². The van der Waals surface area contributed by atoms with Gasteiger partial charge in [-0.3, -0.25) is 0 Å². The van der Waals surface area contributed by atoms with Crippen molar-refractivity contribution in [2.24, 2.45) is 0 Å². The highest BCUT2D eigenvalue weighted by molar-refractivity contribution is 9.11. The fourth-order valence-corrected chi connectivity index (χ4v) is 4.06. The maximum atomic E-state index is 10.0. The number of aliphatic hydroxyl groups excluding tert-OH is 1. The van der Waals surface area contributed by atoms with Crippen LogP contribution in [-0.4, -0.2) is 11.7 Å². The Morgan fingerprint density at radius 2 is 2.00 bits per heavy atom. The smallest absolute Gasteiger partial charge is 0.105 e. The van der Waals surface area contributed by atoms with Gasteiger partial charge in [0.05, 0.1) is 5.69 Å². The molecule has 0 radical (unpaired) electrons. The maximum absolute atomic E-state index is 10.0. The number of nitrogens with one attached hydrogen (secondary N) is 1. The molecule has 2 aromatic rings. The number of anilines is 1. The number of rotatable bonds is 4. The molecule has 1 unspecified atom stereocenters. The minimum Gasteiger partial charge on any atom is -0.386 e. The Bertz CT molecular complexity index is 505. The lowest BCUT2D eigenvalue weighted by Gasteiger charge is -2.14. The molecular formula is C13H13Br2NOS. The van der Waals surface area contributed by atoms with E-state index < -0.39 is 6.10 Å². The molecule has 0 fully saturated rings. The van der Waals surface area contributed by atoms with Gasteiger partial charge in [0.25, 0.3) is 0 Å². The Hall–Kier alpha value is -0.360. The van der Waals surface area contributed by atoms with Crippen molar-refractivity contribution in [2.75, 3.05) is 11.9 Å². The van der Waals surface area contributed by atoms with E-state index in [4.69, 9.17) is 0 Å². The average Bonchev–Trinajstić information content (AvgIpc) is 2.80. The van der Waals surface area contributed by atoms with E-state index >= 15 is 0 Å². The van der Waals surface area contributed by atoms with Crippen molar-refractivity contribution in [3.8, 4) is 0 Å². The fraction of sp³-hybridized carbons (Fsp3) is 0.231. The first-order valence-corrected chi connectivity index (χ1v) is 7.95. The van der Waals surface area contributed by atoms with Gasteiger partial charge in [0.15, 0.2) is 0 Å².